The van der Waals surface area contributed by atoms with Crippen LogP contribution in [0, 0.1) is 0 Å². The summed E-state index contributed by atoms with van der Waals surface area (Å²) in [5.74, 6) is 0.840. The van der Waals surface area contributed by atoms with E-state index < -0.39 is 0 Å². The topological polar surface area (TPSA) is 51.5 Å². The van der Waals surface area contributed by atoms with E-state index in [1.165, 1.54) is 0 Å². The Bertz CT molecular complexity index is 604. The summed E-state index contributed by atoms with van der Waals surface area (Å²) in [5.41, 5.74) is 0.819. The smallest absolute Gasteiger partial charge is 0.261 e. The zero-order valence-corrected chi connectivity index (χ0v) is 11.2. The van der Waals surface area contributed by atoms with Gasteiger partial charge in [-0.1, -0.05) is 19.1 Å². The third-order valence-corrected chi connectivity index (χ3v) is 3.23. The Labute approximate surface area is 107 Å². The van der Waals surface area contributed by atoms with Gasteiger partial charge >= 0.3 is 0 Å². The maximum Gasteiger partial charge on any atom is 0.261 e. The number of para-hydroxylation sites is 1. The Hall–Kier alpha value is -1.68. The molecule has 0 bridgehead atoms. The molecule has 1 aromatic carbocycles. The Morgan fingerprint density at radius 1 is 1.39 bits per heavy atom. The lowest BCUT2D eigenvalue weighted by molar-refractivity contribution is -0.694. The number of fused-ring (bicyclic) bond motifs is 1. The van der Waals surface area contributed by atoms with E-state index in [9.17, 15) is 4.79 Å². The third kappa shape index (κ3) is 2.29. The average Bonchev–Trinajstić information content (AvgIpc) is 2.40. The van der Waals surface area contributed by atoms with Gasteiger partial charge in [-0.2, -0.15) is 0 Å². The highest BCUT2D eigenvalue weighted by molar-refractivity contribution is 5.77. The molecule has 2 aromatic rings. The largest absolute Gasteiger partial charge is 0.338 e. The molecule has 1 heterocycles. The molecule has 0 aliphatic heterocycles. The van der Waals surface area contributed by atoms with Crippen LogP contribution in [0.25, 0.3) is 10.9 Å². The first kappa shape index (κ1) is 12.8. The van der Waals surface area contributed by atoms with E-state index in [0.717, 1.165) is 24.3 Å². The van der Waals surface area contributed by atoms with Crippen LogP contribution >= 0.6 is 0 Å². The monoisotopic (exact) mass is 246 g/mol. The van der Waals surface area contributed by atoms with Crippen LogP contribution in [0.2, 0.25) is 0 Å². The van der Waals surface area contributed by atoms with Crippen molar-refractivity contribution in [1.82, 2.24) is 9.55 Å². The second-order valence-corrected chi connectivity index (χ2v) is 4.66. The van der Waals surface area contributed by atoms with Crippen LogP contribution in [-0.4, -0.2) is 16.1 Å². The molecule has 0 saturated carbocycles. The van der Waals surface area contributed by atoms with Gasteiger partial charge in [-0.05, 0) is 25.5 Å². The van der Waals surface area contributed by atoms with Gasteiger partial charge in [0.15, 0.2) is 5.82 Å². The predicted octanol–water partition coefficient (Wildman–Crippen LogP) is 0.968. The van der Waals surface area contributed by atoms with Gasteiger partial charge in [0, 0.05) is 7.05 Å². The molecule has 0 aliphatic rings. The summed E-state index contributed by atoms with van der Waals surface area (Å²) >= 11 is 0. The summed E-state index contributed by atoms with van der Waals surface area (Å²) < 4.78 is 1.67. The minimum atomic E-state index is 0.0346. The van der Waals surface area contributed by atoms with Gasteiger partial charge in [-0.25, -0.2) is 4.98 Å². The van der Waals surface area contributed by atoms with Crippen molar-refractivity contribution in [3.05, 3.63) is 40.4 Å². The van der Waals surface area contributed by atoms with Crippen LogP contribution in [0.3, 0.4) is 0 Å². The highest BCUT2D eigenvalue weighted by atomic mass is 16.1. The standard InChI is InChI=1S/C14H19N3O/c1-4-9-15-10(2)13-16-12-8-6-5-7-11(12)14(18)17(13)3/h5-8,10,15H,4,9H2,1-3H3/p+1/t10-/m1/s1. The first-order chi connectivity index (χ1) is 8.65. The van der Waals surface area contributed by atoms with E-state index in [4.69, 9.17) is 0 Å². The fraction of sp³-hybridized carbons (Fsp3) is 0.429. The molecule has 0 amide bonds. The normalized spacial score (nSPS) is 12.8. The van der Waals surface area contributed by atoms with Crippen molar-refractivity contribution in [2.45, 2.75) is 26.3 Å². The van der Waals surface area contributed by atoms with E-state index >= 15 is 0 Å². The van der Waals surface area contributed by atoms with Crippen molar-refractivity contribution in [3.8, 4) is 0 Å². The van der Waals surface area contributed by atoms with Crippen molar-refractivity contribution in [2.24, 2.45) is 7.05 Å². The summed E-state index contributed by atoms with van der Waals surface area (Å²) in [6.45, 7) is 5.28. The molecule has 0 spiro atoms. The number of quaternary nitrogens is 1. The lowest BCUT2D eigenvalue weighted by atomic mass is 10.2. The van der Waals surface area contributed by atoms with E-state index in [-0.39, 0.29) is 11.6 Å². The Morgan fingerprint density at radius 2 is 2.11 bits per heavy atom. The van der Waals surface area contributed by atoms with E-state index in [1.54, 1.807) is 11.6 Å². The summed E-state index contributed by atoms with van der Waals surface area (Å²) in [6, 6.07) is 7.71. The fourth-order valence-electron chi connectivity index (χ4n) is 2.16. The first-order valence-electron chi connectivity index (χ1n) is 6.44. The quantitative estimate of drug-likeness (QED) is 0.874. The van der Waals surface area contributed by atoms with Gasteiger partial charge in [0.2, 0.25) is 0 Å². The third-order valence-electron chi connectivity index (χ3n) is 3.23. The van der Waals surface area contributed by atoms with Gasteiger partial charge in [-0.15, -0.1) is 0 Å². The summed E-state index contributed by atoms with van der Waals surface area (Å²) in [7, 11) is 1.80. The second-order valence-electron chi connectivity index (χ2n) is 4.66. The molecule has 0 aliphatic carbocycles. The van der Waals surface area contributed by atoms with E-state index in [0.29, 0.717) is 5.39 Å². The maximum atomic E-state index is 12.2. The highest BCUT2D eigenvalue weighted by Gasteiger charge is 2.15. The van der Waals surface area contributed by atoms with Crippen molar-refractivity contribution in [3.63, 3.8) is 0 Å². The zero-order chi connectivity index (χ0) is 13.1. The first-order valence-corrected chi connectivity index (χ1v) is 6.44. The number of rotatable bonds is 4. The van der Waals surface area contributed by atoms with Crippen molar-refractivity contribution >= 4 is 10.9 Å². The Balaban J connectivity index is 2.51. The Morgan fingerprint density at radius 3 is 2.83 bits per heavy atom. The van der Waals surface area contributed by atoms with E-state index in [2.05, 4.69) is 24.1 Å². The fourth-order valence-corrected chi connectivity index (χ4v) is 2.16. The lowest BCUT2D eigenvalue weighted by Gasteiger charge is -2.14. The summed E-state index contributed by atoms with van der Waals surface area (Å²) in [5, 5.41) is 2.91. The highest BCUT2D eigenvalue weighted by Crippen LogP contribution is 2.10. The van der Waals surface area contributed by atoms with Gasteiger partial charge in [-0.3, -0.25) is 9.36 Å². The van der Waals surface area contributed by atoms with Crippen LogP contribution < -0.4 is 10.9 Å². The van der Waals surface area contributed by atoms with Gasteiger partial charge in [0.05, 0.1) is 17.4 Å². The van der Waals surface area contributed by atoms with Gasteiger partial charge in [0.25, 0.3) is 5.56 Å². The number of benzene rings is 1. The molecule has 1 aromatic heterocycles. The second kappa shape index (κ2) is 5.31. The Kier molecular flexibility index (Phi) is 3.77. The van der Waals surface area contributed by atoms with Crippen LogP contribution in [0.4, 0.5) is 0 Å². The van der Waals surface area contributed by atoms with Crippen molar-refractivity contribution in [1.29, 1.82) is 0 Å². The van der Waals surface area contributed by atoms with Gasteiger partial charge in [0.1, 0.15) is 6.04 Å². The van der Waals surface area contributed by atoms with Crippen LogP contribution in [0.15, 0.2) is 29.1 Å². The molecule has 1 atom stereocenters. The van der Waals surface area contributed by atoms with Crippen molar-refractivity contribution < 1.29 is 5.32 Å². The minimum Gasteiger partial charge on any atom is -0.338 e. The van der Waals surface area contributed by atoms with Crippen LogP contribution in [0.1, 0.15) is 32.1 Å². The van der Waals surface area contributed by atoms with Crippen LogP contribution in [-0.2, 0) is 7.05 Å². The molecule has 4 heteroatoms. The SMILES string of the molecule is CCC[NH2+][C@H](C)c1nc2ccccc2c(=O)n1C. The summed E-state index contributed by atoms with van der Waals surface area (Å²) in [6.07, 6.45) is 1.12. The number of hydrogen-bond donors (Lipinski definition) is 1. The number of hydrogen-bond acceptors (Lipinski definition) is 2. The zero-order valence-electron chi connectivity index (χ0n) is 11.2. The predicted molar refractivity (Wildman–Crippen MR) is 72.5 cm³/mol. The molecule has 2 N–H and O–H groups in total. The molecule has 0 fully saturated rings. The number of aromatic nitrogens is 2. The molecular weight excluding hydrogens is 226 g/mol. The molecule has 0 saturated heterocycles. The molecule has 4 nitrogen and oxygen atoms in total. The number of nitrogens with zero attached hydrogens (tertiary/aromatic N) is 2. The lowest BCUT2D eigenvalue weighted by Crippen LogP contribution is -2.85. The molecule has 2 rings (SSSR count). The average molecular weight is 246 g/mol. The molecule has 0 radical (unpaired) electrons. The maximum absolute atomic E-state index is 12.2. The molecule has 96 valence electrons. The molecule has 18 heavy (non-hydrogen) atoms. The van der Waals surface area contributed by atoms with E-state index in [1.807, 2.05) is 24.3 Å². The minimum absolute atomic E-state index is 0.0346. The van der Waals surface area contributed by atoms with Crippen LogP contribution in [0.5, 0.6) is 0 Å². The number of nitrogens with two attached hydrogens (primary N) is 1. The summed E-state index contributed by atoms with van der Waals surface area (Å²) in [4.78, 5) is 16.9. The van der Waals surface area contributed by atoms with Gasteiger partial charge < -0.3 is 5.32 Å². The molecule has 0 unspecified atom stereocenters. The van der Waals surface area contributed by atoms with Crippen molar-refractivity contribution in [2.75, 3.05) is 6.54 Å². The molecular formula is C14H20N3O+.